The van der Waals surface area contributed by atoms with Gasteiger partial charge in [-0.05, 0) is 14.0 Å². The van der Waals surface area contributed by atoms with Crippen molar-refractivity contribution in [2.24, 2.45) is 0 Å². The molecule has 0 atom stereocenters. The molecule has 0 saturated heterocycles. The van der Waals surface area contributed by atoms with Crippen LogP contribution in [-0.4, -0.2) is 39.3 Å². The van der Waals surface area contributed by atoms with Crippen LogP contribution in [0.5, 0.6) is 0 Å². The van der Waals surface area contributed by atoms with E-state index < -0.39 is 5.97 Å². The van der Waals surface area contributed by atoms with Crippen molar-refractivity contribution < 1.29 is 9.90 Å². The first-order valence-corrected chi connectivity index (χ1v) is 5.03. The van der Waals surface area contributed by atoms with Gasteiger partial charge in [-0.3, -0.25) is 9.48 Å². The number of hydrogen-bond acceptors (Lipinski definition) is 3. The van der Waals surface area contributed by atoms with Crippen molar-refractivity contribution in [3.05, 3.63) is 18.0 Å². The van der Waals surface area contributed by atoms with Crippen LogP contribution in [0.3, 0.4) is 0 Å². The fraction of sp³-hybridized carbons (Fsp3) is 0.600. The number of carboxylic acid groups (broad SMARTS) is 1. The summed E-state index contributed by atoms with van der Waals surface area (Å²) >= 11 is 0. The van der Waals surface area contributed by atoms with Gasteiger partial charge in [-0.2, -0.15) is 5.10 Å². The van der Waals surface area contributed by atoms with E-state index in [0.717, 1.165) is 18.7 Å². The zero-order valence-corrected chi connectivity index (χ0v) is 9.18. The first-order chi connectivity index (χ1) is 7.11. The Balaban J connectivity index is 2.36. The van der Waals surface area contributed by atoms with Crippen LogP contribution in [0.25, 0.3) is 0 Å². The molecule has 0 aliphatic carbocycles. The van der Waals surface area contributed by atoms with E-state index in [9.17, 15) is 4.79 Å². The summed E-state index contributed by atoms with van der Waals surface area (Å²) in [6.07, 6.45) is 3.98. The van der Waals surface area contributed by atoms with Gasteiger partial charge in [0.15, 0.2) is 0 Å². The Hall–Kier alpha value is -1.36. The Bertz CT molecular complexity index is 322. The molecule has 0 aromatic carbocycles. The van der Waals surface area contributed by atoms with Crippen molar-refractivity contribution in [1.82, 2.24) is 14.7 Å². The lowest BCUT2D eigenvalue weighted by molar-refractivity contribution is -0.137. The molecular formula is C10H17N3O2. The Kier molecular flexibility index (Phi) is 4.30. The van der Waals surface area contributed by atoms with E-state index >= 15 is 0 Å². The van der Waals surface area contributed by atoms with Crippen LogP contribution in [0, 0.1) is 0 Å². The summed E-state index contributed by atoms with van der Waals surface area (Å²) in [5.41, 5.74) is 1.12. The van der Waals surface area contributed by atoms with E-state index in [1.54, 1.807) is 0 Å². The molecule has 5 nitrogen and oxygen atoms in total. The highest BCUT2D eigenvalue weighted by atomic mass is 16.4. The molecule has 84 valence electrons. The van der Waals surface area contributed by atoms with E-state index in [-0.39, 0.29) is 6.42 Å². The van der Waals surface area contributed by atoms with Gasteiger partial charge >= 0.3 is 5.97 Å². The topological polar surface area (TPSA) is 58.4 Å². The van der Waals surface area contributed by atoms with Crippen LogP contribution in [0.1, 0.15) is 18.9 Å². The number of nitrogens with zero attached hydrogens (tertiary/aromatic N) is 3. The molecule has 0 fully saturated rings. The van der Waals surface area contributed by atoms with E-state index in [0.29, 0.717) is 6.54 Å². The number of carboxylic acids is 1. The molecule has 15 heavy (non-hydrogen) atoms. The van der Waals surface area contributed by atoms with Crippen molar-refractivity contribution in [1.29, 1.82) is 0 Å². The SMILES string of the molecule is CCn1cc(CN(C)CCC(=O)O)cn1. The molecule has 0 bridgehead atoms. The molecular weight excluding hydrogens is 194 g/mol. The molecule has 0 amide bonds. The summed E-state index contributed by atoms with van der Waals surface area (Å²) in [5.74, 6) is -0.758. The van der Waals surface area contributed by atoms with Gasteiger partial charge in [0, 0.05) is 31.4 Å². The highest BCUT2D eigenvalue weighted by Crippen LogP contribution is 2.02. The van der Waals surface area contributed by atoms with Crippen LogP contribution in [-0.2, 0) is 17.9 Å². The third kappa shape index (κ3) is 4.12. The van der Waals surface area contributed by atoms with Crippen LogP contribution in [0.15, 0.2) is 12.4 Å². The van der Waals surface area contributed by atoms with Gasteiger partial charge in [0.2, 0.25) is 0 Å². The summed E-state index contributed by atoms with van der Waals surface area (Å²) < 4.78 is 1.86. The maximum Gasteiger partial charge on any atom is 0.304 e. The summed E-state index contributed by atoms with van der Waals surface area (Å²) in [6, 6.07) is 0. The summed E-state index contributed by atoms with van der Waals surface area (Å²) in [6.45, 7) is 4.20. The first kappa shape index (κ1) is 11.7. The van der Waals surface area contributed by atoms with Gasteiger partial charge < -0.3 is 10.0 Å². The number of aliphatic carboxylic acids is 1. The number of aryl methyl sites for hydroxylation is 1. The fourth-order valence-electron chi connectivity index (χ4n) is 1.34. The zero-order valence-electron chi connectivity index (χ0n) is 9.18. The Morgan fingerprint density at radius 1 is 1.67 bits per heavy atom. The molecule has 0 saturated carbocycles. The fourth-order valence-corrected chi connectivity index (χ4v) is 1.34. The molecule has 1 aromatic rings. The smallest absolute Gasteiger partial charge is 0.304 e. The minimum atomic E-state index is -0.758. The van der Waals surface area contributed by atoms with Crippen LogP contribution >= 0.6 is 0 Å². The second-order valence-electron chi connectivity index (χ2n) is 3.59. The first-order valence-electron chi connectivity index (χ1n) is 5.03. The number of carbonyl (C=O) groups is 1. The molecule has 1 heterocycles. The van der Waals surface area contributed by atoms with Crippen molar-refractivity contribution in [2.45, 2.75) is 26.4 Å². The highest BCUT2D eigenvalue weighted by molar-refractivity contribution is 5.66. The Labute approximate surface area is 89.3 Å². The molecule has 0 radical (unpaired) electrons. The van der Waals surface area contributed by atoms with E-state index in [1.165, 1.54) is 0 Å². The Morgan fingerprint density at radius 2 is 2.40 bits per heavy atom. The predicted molar refractivity (Wildman–Crippen MR) is 56.5 cm³/mol. The Morgan fingerprint density at radius 3 is 2.93 bits per heavy atom. The van der Waals surface area contributed by atoms with E-state index in [4.69, 9.17) is 5.11 Å². The lowest BCUT2D eigenvalue weighted by Crippen LogP contribution is -2.21. The lowest BCUT2D eigenvalue weighted by Gasteiger charge is -2.13. The second kappa shape index (κ2) is 5.50. The van der Waals surface area contributed by atoms with Gasteiger partial charge in [0.1, 0.15) is 0 Å². The number of hydrogen-bond donors (Lipinski definition) is 1. The largest absolute Gasteiger partial charge is 0.481 e. The van der Waals surface area contributed by atoms with Crippen molar-refractivity contribution in [3.8, 4) is 0 Å². The molecule has 0 aliphatic heterocycles. The number of rotatable bonds is 6. The van der Waals surface area contributed by atoms with Gasteiger partial charge in [-0.15, -0.1) is 0 Å². The molecule has 1 N–H and O–H groups in total. The minimum absolute atomic E-state index is 0.179. The minimum Gasteiger partial charge on any atom is -0.481 e. The monoisotopic (exact) mass is 211 g/mol. The van der Waals surface area contributed by atoms with E-state index in [2.05, 4.69) is 5.10 Å². The molecule has 0 spiro atoms. The van der Waals surface area contributed by atoms with Gasteiger partial charge in [-0.25, -0.2) is 0 Å². The third-order valence-corrected chi connectivity index (χ3v) is 2.17. The van der Waals surface area contributed by atoms with Crippen molar-refractivity contribution >= 4 is 5.97 Å². The van der Waals surface area contributed by atoms with Crippen LogP contribution in [0.2, 0.25) is 0 Å². The number of aromatic nitrogens is 2. The third-order valence-electron chi connectivity index (χ3n) is 2.17. The normalized spacial score (nSPS) is 10.9. The summed E-state index contributed by atoms with van der Waals surface area (Å²) in [4.78, 5) is 12.3. The quantitative estimate of drug-likeness (QED) is 0.756. The summed E-state index contributed by atoms with van der Waals surface area (Å²) in [7, 11) is 1.91. The van der Waals surface area contributed by atoms with Crippen LogP contribution in [0.4, 0.5) is 0 Å². The van der Waals surface area contributed by atoms with Crippen LogP contribution < -0.4 is 0 Å². The second-order valence-corrected chi connectivity index (χ2v) is 3.59. The maximum absolute atomic E-state index is 10.4. The average molecular weight is 211 g/mol. The predicted octanol–water partition coefficient (Wildman–Crippen LogP) is 0.809. The summed E-state index contributed by atoms with van der Waals surface area (Å²) in [5, 5.41) is 12.7. The molecule has 0 aliphatic rings. The average Bonchev–Trinajstić information content (AvgIpc) is 2.62. The van der Waals surface area contributed by atoms with Gasteiger partial charge in [0.25, 0.3) is 0 Å². The van der Waals surface area contributed by atoms with Gasteiger partial charge in [0.05, 0.1) is 12.6 Å². The lowest BCUT2D eigenvalue weighted by atomic mass is 10.3. The standard InChI is InChI=1S/C10H17N3O2/c1-3-13-8-9(6-11-13)7-12(2)5-4-10(14)15/h6,8H,3-5,7H2,1-2H3,(H,14,15). The molecule has 1 aromatic heterocycles. The molecule has 5 heteroatoms. The van der Waals surface area contributed by atoms with Crippen molar-refractivity contribution in [3.63, 3.8) is 0 Å². The molecule has 1 rings (SSSR count). The van der Waals surface area contributed by atoms with Crippen molar-refractivity contribution in [2.75, 3.05) is 13.6 Å². The van der Waals surface area contributed by atoms with E-state index in [1.807, 2.05) is 35.9 Å². The highest BCUT2D eigenvalue weighted by Gasteiger charge is 2.04. The maximum atomic E-state index is 10.4. The zero-order chi connectivity index (χ0) is 11.3. The van der Waals surface area contributed by atoms with Gasteiger partial charge in [-0.1, -0.05) is 0 Å². The molecule has 0 unspecified atom stereocenters.